The van der Waals surface area contributed by atoms with Gasteiger partial charge >= 0.3 is 0 Å². The lowest BCUT2D eigenvalue weighted by molar-refractivity contribution is -0.385. The first-order valence-corrected chi connectivity index (χ1v) is 8.48. The van der Waals surface area contributed by atoms with Crippen LogP contribution in [-0.4, -0.2) is 23.8 Å². The minimum atomic E-state index is -0.540. The zero-order valence-electron chi connectivity index (χ0n) is 14.6. The molecule has 1 amide bonds. The van der Waals surface area contributed by atoms with Crippen LogP contribution in [-0.2, 0) is 11.2 Å². The van der Waals surface area contributed by atoms with E-state index in [4.69, 9.17) is 9.47 Å². The highest BCUT2D eigenvalue weighted by molar-refractivity contribution is 5.91. The Bertz CT molecular complexity index is 1100. The molecule has 1 N–H and O–H groups in total. The van der Waals surface area contributed by atoms with Crippen LogP contribution in [0, 0.1) is 10.1 Å². The van der Waals surface area contributed by atoms with Gasteiger partial charge in [0.25, 0.3) is 5.69 Å². The van der Waals surface area contributed by atoms with E-state index in [1.54, 1.807) is 0 Å². The second-order valence-corrected chi connectivity index (χ2v) is 6.13. The molecule has 0 bridgehead atoms. The summed E-state index contributed by atoms with van der Waals surface area (Å²) in [4.78, 5) is 23.0. The highest BCUT2D eigenvalue weighted by Crippen LogP contribution is 2.37. The number of fused-ring (bicyclic) bond motifs is 2. The van der Waals surface area contributed by atoms with Crippen LogP contribution in [0.5, 0.6) is 11.5 Å². The van der Waals surface area contributed by atoms with Crippen molar-refractivity contribution in [2.45, 2.75) is 6.42 Å². The number of hydrazone groups is 1. The number of nitrogens with zero attached hydrogens (tertiary/aromatic N) is 2. The normalized spacial score (nSPS) is 12.4. The van der Waals surface area contributed by atoms with Gasteiger partial charge in [-0.3, -0.25) is 14.9 Å². The molecular weight excluding hydrogens is 362 g/mol. The quantitative estimate of drug-likeness (QED) is 0.418. The molecule has 1 aliphatic heterocycles. The minimum Gasteiger partial charge on any atom is -0.454 e. The number of amides is 1. The summed E-state index contributed by atoms with van der Waals surface area (Å²) in [5.74, 6) is 0.383. The number of rotatable bonds is 5. The van der Waals surface area contributed by atoms with Gasteiger partial charge in [0.15, 0.2) is 11.5 Å². The monoisotopic (exact) mass is 377 g/mol. The summed E-state index contributed by atoms with van der Waals surface area (Å²) in [6.45, 7) is 0.00878. The number of ether oxygens (including phenoxy) is 2. The summed E-state index contributed by atoms with van der Waals surface area (Å²) < 4.78 is 10.4. The number of carbonyl (C=O) groups excluding carboxylic acids is 1. The maximum Gasteiger partial charge on any atom is 0.282 e. The van der Waals surface area contributed by atoms with Gasteiger partial charge in [0, 0.05) is 0 Å². The van der Waals surface area contributed by atoms with Crippen molar-refractivity contribution in [3.63, 3.8) is 0 Å². The van der Waals surface area contributed by atoms with Crippen molar-refractivity contribution in [1.82, 2.24) is 5.43 Å². The highest BCUT2D eigenvalue weighted by Gasteiger charge is 2.22. The fourth-order valence-corrected chi connectivity index (χ4v) is 3.04. The summed E-state index contributed by atoms with van der Waals surface area (Å²) in [5.41, 5.74) is 3.31. The van der Waals surface area contributed by atoms with E-state index in [1.165, 1.54) is 18.3 Å². The summed E-state index contributed by atoms with van der Waals surface area (Å²) in [6.07, 6.45) is 1.36. The molecule has 8 heteroatoms. The molecule has 1 aliphatic rings. The van der Waals surface area contributed by atoms with Crippen molar-refractivity contribution >= 4 is 28.6 Å². The van der Waals surface area contributed by atoms with E-state index in [9.17, 15) is 14.9 Å². The Morgan fingerprint density at radius 2 is 1.89 bits per heavy atom. The second kappa shape index (κ2) is 7.36. The van der Waals surface area contributed by atoms with Crippen molar-refractivity contribution in [3.05, 3.63) is 75.8 Å². The molecule has 0 atom stereocenters. The Labute approximate surface area is 159 Å². The van der Waals surface area contributed by atoms with Gasteiger partial charge < -0.3 is 9.47 Å². The maximum absolute atomic E-state index is 12.2. The summed E-state index contributed by atoms with van der Waals surface area (Å²) in [6, 6.07) is 16.3. The molecule has 0 fully saturated rings. The van der Waals surface area contributed by atoms with Gasteiger partial charge in [-0.2, -0.15) is 5.10 Å². The minimum absolute atomic E-state index is 0.00878. The Morgan fingerprint density at radius 1 is 1.14 bits per heavy atom. The van der Waals surface area contributed by atoms with Crippen LogP contribution >= 0.6 is 0 Å². The van der Waals surface area contributed by atoms with E-state index >= 15 is 0 Å². The molecule has 0 unspecified atom stereocenters. The van der Waals surface area contributed by atoms with E-state index < -0.39 is 4.92 Å². The van der Waals surface area contributed by atoms with Crippen LogP contribution in [0.4, 0.5) is 5.69 Å². The number of nitrogens with one attached hydrogen (secondary N) is 1. The first-order valence-electron chi connectivity index (χ1n) is 8.48. The maximum atomic E-state index is 12.2. The predicted octanol–water partition coefficient (Wildman–Crippen LogP) is 3.17. The number of hydrogen-bond donors (Lipinski definition) is 1. The van der Waals surface area contributed by atoms with Crippen molar-refractivity contribution in [2.24, 2.45) is 5.10 Å². The van der Waals surface area contributed by atoms with Gasteiger partial charge in [-0.1, -0.05) is 42.5 Å². The molecule has 0 saturated carbocycles. The zero-order valence-corrected chi connectivity index (χ0v) is 14.6. The number of benzene rings is 3. The Morgan fingerprint density at radius 3 is 2.71 bits per heavy atom. The average Bonchev–Trinajstić information content (AvgIpc) is 3.15. The summed E-state index contributed by atoms with van der Waals surface area (Å²) in [5, 5.41) is 17.1. The largest absolute Gasteiger partial charge is 0.454 e. The number of carbonyl (C=O) groups is 1. The number of nitro benzene ring substituents is 1. The Kier molecular flexibility index (Phi) is 4.59. The third kappa shape index (κ3) is 3.48. The molecule has 3 aromatic carbocycles. The first-order chi connectivity index (χ1) is 13.6. The van der Waals surface area contributed by atoms with Gasteiger partial charge in [-0.05, 0) is 22.4 Å². The van der Waals surface area contributed by atoms with E-state index in [0.717, 1.165) is 16.3 Å². The first kappa shape index (κ1) is 17.5. The molecule has 8 nitrogen and oxygen atoms in total. The van der Waals surface area contributed by atoms with E-state index in [-0.39, 0.29) is 30.4 Å². The van der Waals surface area contributed by atoms with Crippen LogP contribution < -0.4 is 14.9 Å². The standard InChI is InChI=1S/C20H15N3O5/c24-20(9-14-6-3-5-13-4-1-2-7-16(13)14)22-21-11-15-8-18-19(28-12-27-18)10-17(15)23(25)26/h1-8,10-11H,9,12H2,(H,22,24). The van der Waals surface area contributed by atoms with Crippen LogP contribution in [0.25, 0.3) is 10.8 Å². The molecule has 0 aromatic heterocycles. The average molecular weight is 377 g/mol. The molecule has 0 spiro atoms. The van der Waals surface area contributed by atoms with Gasteiger partial charge in [0.05, 0.1) is 29.2 Å². The molecule has 140 valence electrons. The van der Waals surface area contributed by atoms with Crippen molar-refractivity contribution in [3.8, 4) is 11.5 Å². The molecule has 0 aliphatic carbocycles. The Hall–Kier alpha value is -3.94. The highest BCUT2D eigenvalue weighted by atomic mass is 16.7. The molecule has 28 heavy (non-hydrogen) atoms. The lowest BCUT2D eigenvalue weighted by Crippen LogP contribution is -2.20. The third-order valence-electron chi connectivity index (χ3n) is 4.34. The second-order valence-electron chi connectivity index (χ2n) is 6.13. The van der Waals surface area contributed by atoms with Gasteiger partial charge in [0.1, 0.15) is 0 Å². The number of nitro groups is 1. The molecule has 0 radical (unpaired) electrons. The fraction of sp³-hybridized carbons (Fsp3) is 0.100. The molecular formula is C20H15N3O5. The summed E-state index contributed by atoms with van der Waals surface area (Å²) >= 11 is 0. The van der Waals surface area contributed by atoms with Crippen molar-refractivity contribution in [1.29, 1.82) is 0 Å². The SMILES string of the molecule is O=C(Cc1cccc2ccccc12)NN=Cc1cc2c(cc1[N+](=O)[O-])OCO2. The topological polar surface area (TPSA) is 103 Å². The molecule has 3 aromatic rings. The van der Waals surface area contributed by atoms with Gasteiger partial charge in [-0.15, -0.1) is 0 Å². The van der Waals surface area contributed by atoms with E-state index in [2.05, 4.69) is 10.5 Å². The van der Waals surface area contributed by atoms with Gasteiger partial charge in [0.2, 0.25) is 12.7 Å². The lowest BCUT2D eigenvalue weighted by Gasteiger charge is -2.05. The Balaban J connectivity index is 1.49. The zero-order chi connectivity index (χ0) is 19.5. The fourth-order valence-electron chi connectivity index (χ4n) is 3.04. The van der Waals surface area contributed by atoms with Crippen molar-refractivity contribution in [2.75, 3.05) is 6.79 Å². The van der Waals surface area contributed by atoms with E-state index in [1.807, 2.05) is 42.5 Å². The molecule has 0 saturated heterocycles. The lowest BCUT2D eigenvalue weighted by atomic mass is 10.0. The molecule has 4 rings (SSSR count). The summed E-state index contributed by atoms with van der Waals surface area (Å²) in [7, 11) is 0. The molecule has 1 heterocycles. The van der Waals surface area contributed by atoms with Crippen LogP contribution in [0.15, 0.2) is 59.7 Å². The number of hydrogen-bond acceptors (Lipinski definition) is 6. The van der Waals surface area contributed by atoms with Crippen LogP contribution in [0.3, 0.4) is 0 Å². The smallest absolute Gasteiger partial charge is 0.282 e. The van der Waals surface area contributed by atoms with Gasteiger partial charge in [-0.25, -0.2) is 5.43 Å². The predicted molar refractivity (Wildman–Crippen MR) is 103 cm³/mol. The van der Waals surface area contributed by atoms with Crippen LogP contribution in [0.2, 0.25) is 0 Å². The third-order valence-corrected chi connectivity index (χ3v) is 4.34. The van der Waals surface area contributed by atoms with E-state index in [0.29, 0.717) is 11.5 Å². The van der Waals surface area contributed by atoms with Crippen molar-refractivity contribution < 1.29 is 19.2 Å². The van der Waals surface area contributed by atoms with Crippen LogP contribution in [0.1, 0.15) is 11.1 Å².